The minimum absolute atomic E-state index is 0.662. The van der Waals surface area contributed by atoms with E-state index < -0.39 is 11.5 Å². The first kappa shape index (κ1) is 15.4. The third-order valence-electron chi connectivity index (χ3n) is 4.47. The molecule has 1 fully saturated rings. The lowest BCUT2D eigenvalue weighted by atomic mass is 9.97. The molecule has 1 saturated heterocycles. The van der Waals surface area contributed by atoms with Gasteiger partial charge in [0.15, 0.2) is 0 Å². The minimum Gasteiger partial charge on any atom is -0.480 e. The van der Waals surface area contributed by atoms with Crippen molar-refractivity contribution in [1.29, 1.82) is 0 Å². The predicted octanol–water partition coefficient (Wildman–Crippen LogP) is 1.95. The highest BCUT2D eigenvalue weighted by molar-refractivity contribution is 5.78. The molecule has 0 spiro atoms. The average Bonchev–Trinajstić information content (AvgIpc) is 2.60. The van der Waals surface area contributed by atoms with Crippen LogP contribution < -0.4 is 5.32 Å². The van der Waals surface area contributed by atoms with Crippen molar-refractivity contribution in [3.05, 3.63) is 0 Å². The van der Waals surface area contributed by atoms with Gasteiger partial charge < -0.3 is 15.3 Å². The van der Waals surface area contributed by atoms with Gasteiger partial charge in [-0.1, -0.05) is 13.3 Å². The van der Waals surface area contributed by atoms with Gasteiger partial charge in [-0.25, -0.2) is 0 Å². The number of nitrogens with zero attached hydrogens (tertiary/aromatic N) is 1. The van der Waals surface area contributed by atoms with Crippen LogP contribution in [0.2, 0.25) is 0 Å². The molecule has 1 rings (SSSR count). The molecule has 0 aromatic rings. The number of hydrogen-bond acceptors (Lipinski definition) is 3. The lowest BCUT2D eigenvalue weighted by molar-refractivity contribution is -0.144. The van der Waals surface area contributed by atoms with E-state index >= 15 is 0 Å². The molecule has 0 aromatic carbocycles. The minimum atomic E-state index is -0.795. The Labute approximate surface area is 111 Å². The molecular weight excluding hydrogens is 228 g/mol. The van der Waals surface area contributed by atoms with Crippen LogP contribution in [0, 0.1) is 5.92 Å². The molecule has 0 bridgehead atoms. The van der Waals surface area contributed by atoms with Gasteiger partial charge in [0.25, 0.3) is 0 Å². The summed E-state index contributed by atoms with van der Waals surface area (Å²) in [6, 6.07) is 0. The normalized spacial score (nSPS) is 25.4. The van der Waals surface area contributed by atoms with Crippen LogP contribution in [0.1, 0.15) is 46.0 Å². The number of aliphatic carboxylic acids is 1. The van der Waals surface area contributed by atoms with Crippen LogP contribution in [0.3, 0.4) is 0 Å². The summed E-state index contributed by atoms with van der Waals surface area (Å²) in [6.07, 6.45) is 5.78. The van der Waals surface area contributed by atoms with Gasteiger partial charge in [-0.15, -0.1) is 0 Å². The van der Waals surface area contributed by atoms with Gasteiger partial charge in [-0.2, -0.15) is 0 Å². The zero-order chi connectivity index (χ0) is 13.6. The SMILES string of the molecule is CCC1CCCN(CCC(C)(NC)C(=O)O)CC1. The summed E-state index contributed by atoms with van der Waals surface area (Å²) in [5.41, 5.74) is -0.795. The first-order chi connectivity index (χ1) is 8.51. The standard InChI is InChI=1S/C14H28N2O2/c1-4-12-6-5-9-16(10-7-12)11-8-14(2,15-3)13(17)18/h12,15H,4-11H2,1-3H3,(H,17,18). The zero-order valence-corrected chi connectivity index (χ0v) is 12.0. The van der Waals surface area contributed by atoms with Gasteiger partial charge in [-0.3, -0.25) is 4.79 Å². The lowest BCUT2D eigenvalue weighted by Crippen LogP contribution is -2.49. The third-order valence-corrected chi connectivity index (χ3v) is 4.47. The molecule has 0 radical (unpaired) electrons. The van der Waals surface area contributed by atoms with E-state index in [-0.39, 0.29) is 0 Å². The van der Waals surface area contributed by atoms with Gasteiger partial charge >= 0.3 is 5.97 Å². The molecule has 1 heterocycles. The lowest BCUT2D eigenvalue weighted by Gasteiger charge is -2.28. The number of carbonyl (C=O) groups is 1. The van der Waals surface area contributed by atoms with Crippen molar-refractivity contribution in [2.24, 2.45) is 5.92 Å². The quantitative estimate of drug-likeness (QED) is 0.762. The Morgan fingerprint density at radius 2 is 2.17 bits per heavy atom. The van der Waals surface area contributed by atoms with Gasteiger partial charge in [0.2, 0.25) is 0 Å². The van der Waals surface area contributed by atoms with Crippen molar-refractivity contribution in [3.63, 3.8) is 0 Å². The Bertz CT molecular complexity index is 271. The maximum absolute atomic E-state index is 11.2. The van der Waals surface area contributed by atoms with Crippen LogP contribution in [0.4, 0.5) is 0 Å². The average molecular weight is 256 g/mol. The largest absolute Gasteiger partial charge is 0.480 e. The number of hydrogen-bond donors (Lipinski definition) is 2. The molecule has 0 amide bonds. The van der Waals surface area contributed by atoms with Crippen LogP contribution in [0.25, 0.3) is 0 Å². The zero-order valence-electron chi connectivity index (χ0n) is 12.0. The van der Waals surface area contributed by atoms with Gasteiger partial charge in [0.05, 0.1) is 0 Å². The van der Waals surface area contributed by atoms with Crippen molar-refractivity contribution in [1.82, 2.24) is 10.2 Å². The highest BCUT2D eigenvalue weighted by Crippen LogP contribution is 2.21. The molecule has 4 nitrogen and oxygen atoms in total. The predicted molar refractivity (Wildman–Crippen MR) is 73.8 cm³/mol. The van der Waals surface area contributed by atoms with Crippen LogP contribution in [-0.4, -0.2) is 48.2 Å². The maximum Gasteiger partial charge on any atom is 0.323 e. The number of carboxylic acid groups (broad SMARTS) is 1. The number of nitrogens with one attached hydrogen (secondary N) is 1. The van der Waals surface area contributed by atoms with E-state index in [4.69, 9.17) is 0 Å². The highest BCUT2D eigenvalue weighted by atomic mass is 16.4. The summed E-state index contributed by atoms with van der Waals surface area (Å²) >= 11 is 0. The molecule has 0 saturated carbocycles. The number of carboxylic acids is 1. The Kier molecular flexibility index (Phi) is 6.09. The molecule has 18 heavy (non-hydrogen) atoms. The van der Waals surface area contributed by atoms with Gasteiger partial charge in [0.1, 0.15) is 5.54 Å². The fraction of sp³-hybridized carbons (Fsp3) is 0.929. The van der Waals surface area contributed by atoms with Crippen LogP contribution in [-0.2, 0) is 4.79 Å². The van der Waals surface area contributed by atoms with E-state index in [1.165, 1.54) is 25.7 Å². The summed E-state index contributed by atoms with van der Waals surface area (Å²) in [5, 5.41) is 12.1. The molecule has 2 N–H and O–H groups in total. The van der Waals surface area contributed by atoms with Crippen LogP contribution >= 0.6 is 0 Å². The molecule has 1 aliphatic heterocycles. The summed E-state index contributed by atoms with van der Waals surface area (Å²) in [5.74, 6) is 0.108. The third kappa shape index (κ3) is 4.25. The second kappa shape index (κ2) is 7.10. The van der Waals surface area contributed by atoms with Crippen LogP contribution in [0.15, 0.2) is 0 Å². The van der Waals surface area contributed by atoms with Gasteiger partial charge in [-0.05, 0) is 58.7 Å². The van der Waals surface area contributed by atoms with Crippen molar-refractivity contribution in [2.45, 2.75) is 51.5 Å². The summed E-state index contributed by atoms with van der Waals surface area (Å²) in [4.78, 5) is 13.6. The molecule has 1 aliphatic rings. The second-order valence-corrected chi connectivity index (χ2v) is 5.68. The fourth-order valence-electron chi connectivity index (χ4n) is 2.58. The van der Waals surface area contributed by atoms with Crippen molar-refractivity contribution >= 4 is 5.97 Å². The van der Waals surface area contributed by atoms with Crippen molar-refractivity contribution in [3.8, 4) is 0 Å². The first-order valence-corrected chi connectivity index (χ1v) is 7.16. The Balaban J connectivity index is 2.41. The summed E-state index contributed by atoms with van der Waals surface area (Å²) in [6.45, 7) is 7.15. The maximum atomic E-state index is 11.2. The smallest absolute Gasteiger partial charge is 0.323 e. The summed E-state index contributed by atoms with van der Waals surface area (Å²) in [7, 11) is 1.73. The molecular formula is C14H28N2O2. The van der Waals surface area contributed by atoms with Crippen LogP contribution in [0.5, 0.6) is 0 Å². The molecule has 0 aliphatic carbocycles. The van der Waals surface area contributed by atoms with Crippen molar-refractivity contribution < 1.29 is 9.90 Å². The second-order valence-electron chi connectivity index (χ2n) is 5.68. The van der Waals surface area contributed by atoms with Gasteiger partial charge in [0, 0.05) is 6.54 Å². The Morgan fingerprint density at radius 3 is 2.72 bits per heavy atom. The fourth-order valence-corrected chi connectivity index (χ4v) is 2.58. The number of likely N-dealkylation sites (tertiary alicyclic amines) is 1. The van der Waals surface area contributed by atoms with Crippen molar-refractivity contribution in [2.75, 3.05) is 26.7 Å². The van der Waals surface area contributed by atoms with E-state index in [0.29, 0.717) is 6.42 Å². The highest BCUT2D eigenvalue weighted by Gasteiger charge is 2.31. The molecule has 106 valence electrons. The molecule has 2 atom stereocenters. The van der Waals surface area contributed by atoms with E-state index in [2.05, 4.69) is 17.1 Å². The number of likely N-dealkylation sites (N-methyl/N-ethyl adjacent to an activating group) is 1. The first-order valence-electron chi connectivity index (χ1n) is 7.16. The molecule has 4 heteroatoms. The molecule has 0 aromatic heterocycles. The van der Waals surface area contributed by atoms with E-state index in [1.54, 1.807) is 14.0 Å². The molecule has 2 unspecified atom stereocenters. The monoisotopic (exact) mass is 256 g/mol. The van der Waals surface area contributed by atoms with E-state index in [0.717, 1.165) is 25.6 Å². The number of rotatable bonds is 6. The summed E-state index contributed by atoms with van der Waals surface area (Å²) < 4.78 is 0. The van der Waals surface area contributed by atoms with E-state index in [1.807, 2.05) is 0 Å². The Morgan fingerprint density at radius 1 is 1.44 bits per heavy atom. The topological polar surface area (TPSA) is 52.6 Å². The van der Waals surface area contributed by atoms with E-state index in [9.17, 15) is 9.90 Å². The Hall–Kier alpha value is -0.610.